The van der Waals surface area contributed by atoms with E-state index in [2.05, 4.69) is 4.98 Å². The predicted molar refractivity (Wildman–Crippen MR) is 109 cm³/mol. The Kier molecular flexibility index (Phi) is 6.74. The highest BCUT2D eigenvalue weighted by Gasteiger charge is 2.35. The van der Waals surface area contributed by atoms with E-state index >= 15 is 0 Å². The number of amides is 1. The van der Waals surface area contributed by atoms with Gasteiger partial charge < -0.3 is 5.32 Å². The highest BCUT2D eigenvalue weighted by molar-refractivity contribution is 8.01. The number of nitrogens with one attached hydrogen (secondary N) is 1. The number of anilines is 1. The van der Waals surface area contributed by atoms with Crippen LogP contribution < -0.4 is 5.32 Å². The van der Waals surface area contributed by atoms with Crippen molar-refractivity contribution in [1.29, 1.82) is 0 Å². The number of rotatable bonds is 5. The van der Waals surface area contributed by atoms with E-state index in [0.29, 0.717) is 11.3 Å². The summed E-state index contributed by atoms with van der Waals surface area (Å²) in [4.78, 5) is 26.9. The summed E-state index contributed by atoms with van der Waals surface area (Å²) in [6.45, 7) is 0. The lowest BCUT2D eigenvalue weighted by molar-refractivity contribution is -0.387. The maximum atomic E-state index is 13.2. The molecule has 0 saturated heterocycles. The maximum absolute atomic E-state index is 13.2. The summed E-state index contributed by atoms with van der Waals surface area (Å²) in [5, 5.41) is 13.7. The van der Waals surface area contributed by atoms with Crippen LogP contribution in [0.4, 0.5) is 28.9 Å². The van der Waals surface area contributed by atoms with Gasteiger partial charge in [0, 0.05) is 18.5 Å². The van der Waals surface area contributed by atoms with Crippen molar-refractivity contribution in [3.8, 4) is 0 Å². The first kappa shape index (κ1) is 23.3. The second-order valence-electron chi connectivity index (χ2n) is 5.72. The van der Waals surface area contributed by atoms with Gasteiger partial charge in [0.2, 0.25) is 0 Å². The average Bonchev–Trinajstić information content (AvgIpc) is 3.10. The summed E-state index contributed by atoms with van der Waals surface area (Å²) in [5.41, 5.74) is -2.54. The summed E-state index contributed by atoms with van der Waals surface area (Å²) in [6, 6.07) is 2.66. The molecule has 1 aromatic carbocycles. The van der Waals surface area contributed by atoms with Gasteiger partial charge in [-0.3, -0.25) is 19.9 Å². The van der Waals surface area contributed by atoms with Crippen LogP contribution in [-0.4, -0.2) is 15.8 Å². The summed E-state index contributed by atoms with van der Waals surface area (Å²) in [6.07, 6.45) is -2.38. The van der Waals surface area contributed by atoms with Crippen molar-refractivity contribution >= 4 is 63.6 Å². The molecule has 6 nitrogen and oxygen atoms in total. The maximum Gasteiger partial charge on any atom is 0.418 e. The van der Waals surface area contributed by atoms with Crippen molar-refractivity contribution in [2.45, 2.75) is 15.3 Å². The van der Waals surface area contributed by atoms with Crippen molar-refractivity contribution < 1.29 is 27.3 Å². The quantitative estimate of drug-likeness (QED) is 0.228. The summed E-state index contributed by atoms with van der Waals surface area (Å²) < 4.78 is 52.7. The molecule has 162 valence electrons. The Labute approximate surface area is 189 Å². The second-order valence-corrected chi connectivity index (χ2v) is 8.86. The molecular weight excluding hydrogens is 505 g/mol. The molecule has 3 aromatic rings. The summed E-state index contributed by atoms with van der Waals surface area (Å²) >= 11 is 13.5. The number of thiophene rings is 1. The highest BCUT2D eigenvalue weighted by Crippen LogP contribution is 2.46. The molecule has 2 aromatic heterocycles. The van der Waals surface area contributed by atoms with Crippen LogP contribution in [0.1, 0.15) is 15.2 Å². The summed E-state index contributed by atoms with van der Waals surface area (Å²) in [7, 11) is 0. The van der Waals surface area contributed by atoms with Gasteiger partial charge in [-0.25, -0.2) is 4.39 Å². The number of nitrogens with zero attached hydrogens (tertiary/aromatic N) is 2. The minimum absolute atomic E-state index is 0.0281. The van der Waals surface area contributed by atoms with Crippen molar-refractivity contribution in [2.75, 3.05) is 5.32 Å². The molecule has 31 heavy (non-hydrogen) atoms. The Bertz CT molecular complexity index is 1170. The fraction of sp³-hybridized carbons (Fsp3) is 0.0588. The van der Waals surface area contributed by atoms with Gasteiger partial charge in [0.05, 0.1) is 31.1 Å². The Morgan fingerprint density at radius 3 is 2.42 bits per heavy atom. The van der Waals surface area contributed by atoms with Crippen molar-refractivity contribution in [3.63, 3.8) is 0 Å². The number of carbonyl (C=O) groups is 1. The minimum atomic E-state index is -4.93. The molecule has 0 fully saturated rings. The van der Waals surface area contributed by atoms with Crippen molar-refractivity contribution in [3.05, 3.63) is 73.1 Å². The molecule has 0 saturated carbocycles. The van der Waals surface area contributed by atoms with Crippen molar-refractivity contribution in [1.82, 2.24) is 4.98 Å². The topological polar surface area (TPSA) is 85.1 Å². The van der Waals surface area contributed by atoms with Gasteiger partial charge in [0.25, 0.3) is 11.6 Å². The van der Waals surface area contributed by atoms with Gasteiger partial charge in [-0.05, 0) is 18.2 Å². The molecule has 3 rings (SSSR count). The normalized spacial score (nSPS) is 11.4. The van der Waals surface area contributed by atoms with E-state index in [-0.39, 0.29) is 30.1 Å². The average molecular weight is 512 g/mol. The van der Waals surface area contributed by atoms with Crippen LogP contribution in [0, 0.1) is 15.9 Å². The molecule has 2 heterocycles. The van der Waals surface area contributed by atoms with Gasteiger partial charge in [-0.15, -0.1) is 11.3 Å². The Hall–Kier alpha value is -2.41. The first-order valence-electron chi connectivity index (χ1n) is 7.90. The van der Waals surface area contributed by atoms with Gasteiger partial charge >= 0.3 is 6.18 Å². The van der Waals surface area contributed by atoms with E-state index < -0.39 is 39.8 Å². The van der Waals surface area contributed by atoms with Crippen LogP contribution in [0.5, 0.6) is 0 Å². The fourth-order valence-electron chi connectivity index (χ4n) is 2.31. The molecule has 0 unspecified atom stereocenters. The molecule has 0 aliphatic carbocycles. The molecule has 0 radical (unpaired) electrons. The predicted octanol–water partition coefficient (Wildman–Crippen LogP) is 6.92. The van der Waals surface area contributed by atoms with E-state index in [9.17, 15) is 32.5 Å². The molecular formula is C17H7Cl2F4N3O3S2. The zero-order valence-electron chi connectivity index (χ0n) is 14.7. The number of hydrogen-bond donors (Lipinski definition) is 1. The van der Waals surface area contributed by atoms with E-state index in [4.69, 9.17) is 23.2 Å². The highest BCUT2D eigenvalue weighted by atomic mass is 35.5. The van der Waals surface area contributed by atoms with E-state index in [1.165, 1.54) is 12.4 Å². The first-order chi connectivity index (χ1) is 14.5. The number of aromatic nitrogens is 1. The van der Waals surface area contributed by atoms with Crippen LogP contribution in [-0.2, 0) is 6.18 Å². The third-order valence-electron chi connectivity index (χ3n) is 3.64. The Morgan fingerprint density at radius 2 is 1.84 bits per heavy atom. The Balaban J connectivity index is 1.95. The molecule has 1 amide bonds. The molecule has 1 N–H and O–H groups in total. The van der Waals surface area contributed by atoms with Crippen LogP contribution in [0.25, 0.3) is 0 Å². The van der Waals surface area contributed by atoms with E-state index in [0.717, 1.165) is 30.0 Å². The molecule has 14 heteroatoms. The van der Waals surface area contributed by atoms with Crippen LogP contribution in [0.2, 0.25) is 10.0 Å². The van der Waals surface area contributed by atoms with Gasteiger partial charge in [0.15, 0.2) is 0 Å². The minimum Gasteiger partial charge on any atom is -0.321 e. The van der Waals surface area contributed by atoms with Crippen molar-refractivity contribution in [2.24, 2.45) is 0 Å². The van der Waals surface area contributed by atoms with Crippen LogP contribution in [0.15, 0.2) is 45.8 Å². The lowest BCUT2D eigenvalue weighted by Crippen LogP contribution is -2.16. The first-order valence-corrected chi connectivity index (χ1v) is 10.3. The third kappa shape index (κ3) is 5.26. The lowest BCUT2D eigenvalue weighted by atomic mass is 10.1. The molecule has 0 spiro atoms. The zero-order chi connectivity index (χ0) is 22.9. The van der Waals surface area contributed by atoms with E-state index in [1.54, 1.807) is 0 Å². The fourth-order valence-corrected chi connectivity index (χ4v) is 5.07. The smallest absolute Gasteiger partial charge is 0.321 e. The number of hydrogen-bond acceptors (Lipinski definition) is 6. The molecule has 0 aliphatic heterocycles. The SMILES string of the molecule is O=C(Nc1ccc(F)cc1C(F)(F)F)c1cc([N+](=O)[O-])c(Sc2c(Cl)cncc2Cl)s1. The number of benzene rings is 1. The third-order valence-corrected chi connectivity index (χ3v) is 6.89. The number of halogens is 6. The van der Waals surface area contributed by atoms with Gasteiger partial charge in [0.1, 0.15) is 14.9 Å². The largest absolute Gasteiger partial charge is 0.418 e. The monoisotopic (exact) mass is 511 g/mol. The lowest BCUT2D eigenvalue weighted by Gasteiger charge is -2.13. The molecule has 0 aliphatic rings. The second kappa shape index (κ2) is 8.99. The number of carbonyl (C=O) groups excluding carboxylic acids is 1. The van der Waals surface area contributed by atoms with E-state index in [1.807, 2.05) is 5.32 Å². The molecule has 0 atom stereocenters. The zero-order valence-corrected chi connectivity index (χ0v) is 17.8. The standard InChI is InChI=1S/C17H7Cl2F4N3O3S2/c18-9-5-24-6-10(19)14(9)31-16-12(26(28)29)4-13(30-16)15(27)25-11-2-1-7(20)3-8(11)17(21,22)23/h1-6H,(H,25,27). The Morgan fingerprint density at radius 1 is 1.19 bits per heavy atom. The number of nitro groups is 1. The van der Waals surface area contributed by atoms with Gasteiger partial charge in [-0.2, -0.15) is 13.2 Å². The number of alkyl halides is 3. The van der Waals surface area contributed by atoms with Crippen LogP contribution in [0.3, 0.4) is 0 Å². The summed E-state index contributed by atoms with van der Waals surface area (Å²) in [5.74, 6) is -2.18. The number of pyridine rings is 1. The van der Waals surface area contributed by atoms with Gasteiger partial charge in [-0.1, -0.05) is 35.0 Å². The molecule has 0 bridgehead atoms. The van der Waals surface area contributed by atoms with Crippen LogP contribution >= 0.6 is 46.3 Å².